The highest BCUT2D eigenvalue weighted by Crippen LogP contribution is 2.33. The number of azo groups is 1. The van der Waals surface area contributed by atoms with Crippen LogP contribution in [-0.2, 0) is 0 Å². The third kappa shape index (κ3) is 2.49. The third-order valence-electron chi connectivity index (χ3n) is 3.28. The fourth-order valence-corrected chi connectivity index (χ4v) is 2.20. The Morgan fingerprint density at radius 2 is 1.45 bits per heavy atom. The highest BCUT2D eigenvalue weighted by Gasteiger charge is 2.11. The number of nitrogens with two attached hydrogens (primary N) is 1. The zero-order valence-corrected chi connectivity index (χ0v) is 11.5. The van der Waals surface area contributed by atoms with Crippen molar-refractivity contribution in [2.24, 2.45) is 10.2 Å². The number of para-hydroxylation sites is 1. The Morgan fingerprint density at radius 3 is 2.23 bits per heavy atom. The second kappa shape index (κ2) is 5.61. The number of rotatable bonds is 3. The molecule has 0 unspecified atom stereocenters. The third-order valence-corrected chi connectivity index (χ3v) is 3.28. The van der Waals surface area contributed by atoms with Crippen molar-refractivity contribution in [2.45, 2.75) is 0 Å². The van der Waals surface area contributed by atoms with Crippen LogP contribution in [0, 0.1) is 10.1 Å². The van der Waals surface area contributed by atoms with Gasteiger partial charge in [0.1, 0.15) is 0 Å². The number of fused-ring (bicyclic) bond motifs is 1. The van der Waals surface area contributed by atoms with Gasteiger partial charge in [0.25, 0.3) is 5.69 Å². The average molecular weight is 292 g/mol. The predicted molar refractivity (Wildman–Crippen MR) is 85.6 cm³/mol. The topological polar surface area (TPSA) is 93.9 Å². The Morgan fingerprint density at radius 1 is 0.818 bits per heavy atom. The summed E-state index contributed by atoms with van der Waals surface area (Å²) in [5.74, 6) is 0. The van der Waals surface area contributed by atoms with Crippen molar-refractivity contribution in [1.29, 1.82) is 0 Å². The van der Waals surface area contributed by atoms with Gasteiger partial charge in [0.2, 0.25) is 0 Å². The number of benzene rings is 3. The van der Waals surface area contributed by atoms with E-state index in [2.05, 4.69) is 10.2 Å². The van der Waals surface area contributed by atoms with E-state index in [1.807, 2.05) is 24.3 Å². The summed E-state index contributed by atoms with van der Waals surface area (Å²) in [6.07, 6.45) is 0. The Labute approximate surface area is 126 Å². The first-order chi connectivity index (χ1) is 10.7. The number of anilines is 1. The molecule has 0 radical (unpaired) electrons. The zero-order valence-electron chi connectivity index (χ0n) is 11.5. The van der Waals surface area contributed by atoms with Crippen LogP contribution < -0.4 is 5.73 Å². The number of nitro benzene ring substituents is 1. The van der Waals surface area contributed by atoms with Crippen molar-refractivity contribution in [3.63, 3.8) is 0 Å². The fraction of sp³-hybridized carbons (Fsp3) is 0. The molecule has 3 rings (SSSR count). The molecule has 0 saturated heterocycles. The van der Waals surface area contributed by atoms with Crippen molar-refractivity contribution in [2.75, 3.05) is 5.73 Å². The van der Waals surface area contributed by atoms with Crippen LogP contribution in [0.4, 0.5) is 22.7 Å². The van der Waals surface area contributed by atoms with E-state index in [4.69, 9.17) is 5.73 Å². The molecule has 6 nitrogen and oxygen atoms in total. The number of nitrogens with zero attached hydrogens (tertiary/aromatic N) is 3. The standard InChI is InChI=1S/C16H12N4O2/c17-13-9-10-14(12-6-2-1-5-11(12)13)18-19-15-7-3-4-8-16(15)20(21)22/h1-10H,17H2. The molecular weight excluding hydrogens is 280 g/mol. The summed E-state index contributed by atoms with van der Waals surface area (Å²) in [4.78, 5) is 10.5. The Bertz CT molecular complexity index is 890. The summed E-state index contributed by atoms with van der Waals surface area (Å²) >= 11 is 0. The van der Waals surface area contributed by atoms with Gasteiger partial charge in [-0.2, -0.15) is 0 Å². The van der Waals surface area contributed by atoms with E-state index >= 15 is 0 Å². The molecule has 0 aromatic heterocycles. The second-order valence-corrected chi connectivity index (χ2v) is 4.67. The maximum atomic E-state index is 11.0. The van der Waals surface area contributed by atoms with E-state index in [9.17, 15) is 10.1 Å². The molecule has 22 heavy (non-hydrogen) atoms. The molecule has 0 aliphatic rings. The maximum absolute atomic E-state index is 11.0. The summed E-state index contributed by atoms with van der Waals surface area (Å²) in [5, 5.41) is 20.9. The van der Waals surface area contributed by atoms with Crippen LogP contribution in [0.25, 0.3) is 10.8 Å². The minimum atomic E-state index is -0.477. The largest absolute Gasteiger partial charge is 0.398 e. The van der Waals surface area contributed by atoms with Gasteiger partial charge in [0.15, 0.2) is 5.69 Å². The Kier molecular flexibility index (Phi) is 3.49. The minimum Gasteiger partial charge on any atom is -0.398 e. The summed E-state index contributed by atoms with van der Waals surface area (Å²) in [7, 11) is 0. The molecule has 0 spiro atoms. The van der Waals surface area contributed by atoms with Gasteiger partial charge in [-0.15, -0.1) is 10.2 Å². The van der Waals surface area contributed by atoms with Crippen LogP contribution in [0.2, 0.25) is 0 Å². The highest BCUT2D eigenvalue weighted by atomic mass is 16.6. The zero-order chi connectivity index (χ0) is 15.5. The van der Waals surface area contributed by atoms with E-state index in [0.717, 1.165) is 10.8 Å². The van der Waals surface area contributed by atoms with Gasteiger partial charge in [-0.3, -0.25) is 10.1 Å². The van der Waals surface area contributed by atoms with E-state index in [0.29, 0.717) is 11.4 Å². The second-order valence-electron chi connectivity index (χ2n) is 4.67. The molecule has 0 amide bonds. The van der Waals surface area contributed by atoms with Crippen molar-refractivity contribution < 1.29 is 4.92 Å². The normalized spacial score (nSPS) is 11.1. The molecule has 2 N–H and O–H groups in total. The molecule has 0 aliphatic heterocycles. The average Bonchev–Trinajstić information content (AvgIpc) is 2.55. The fourth-order valence-electron chi connectivity index (χ4n) is 2.20. The SMILES string of the molecule is Nc1ccc(N=Nc2ccccc2[N+](=O)[O-])c2ccccc12. The smallest absolute Gasteiger partial charge is 0.296 e. The molecule has 108 valence electrons. The molecule has 0 heterocycles. The van der Waals surface area contributed by atoms with Gasteiger partial charge in [0, 0.05) is 22.5 Å². The van der Waals surface area contributed by atoms with Crippen LogP contribution >= 0.6 is 0 Å². The number of nitrogen functional groups attached to an aromatic ring is 1. The first-order valence-corrected chi connectivity index (χ1v) is 6.59. The van der Waals surface area contributed by atoms with E-state index < -0.39 is 4.92 Å². The van der Waals surface area contributed by atoms with Crippen molar-refractivity contribution in [1.82, 2.24) is 0 Å². The quantitative estimate of drug-likeness (QED) is 0.327. The number of hydrogen-bond acceptors (Lipinski definition) is 5. The van der Waals surface area contributed by atoms with Gasteiger partial charge in [-0.1, -0.05) is 36.4 Å². The van der Waals surface area contributed by atoms with Gasteiger partial charge in [-0.05, 0) is 18.2 Å². The molecular formula is C16H12N4O2. The van der Waals surface area contributed by atoms with E-state index in [-0.39, 0.29) is 11.4 Å². The maximum Gasteiger partial charge on any atom is 0.296 e. The lowest BCUT2D eigenvalue weighted by Gasteiger charge is -2.04. The van der Waals surface area contributed by atoms with Gasteiger partial charge >= 0.3 is 0 Å². The van der Waals surface area contributed by atoms with Crippen LogP contribution in [0.1, 0.15) is 0 Å². The van der Waals surface area contributed by atoms with Crippen molar-refractivity contribution in [3.8, 4) is 0 Å². The monoisotopic (exact) mass is 292 g/mol. The number of hydrogen-bond donors (Lipinski definition) is 1. The molecule has 0 aliphatic carbocycles. The minimum absolute atomic E-state index is 0.0778. The molecule has 3 aromatic rings. The van der Waals surface area contributed by atoms with Crippen molar-refractivity contribution in [3.05, 3.63) is 70.8 Å². The van der Waals surface area contributed by atoms with E-state index in [1.54, 1.807) is 30.3 Å². The van der Waals surface area contributed by atoms with Gasteiger partial charge in [-0.25, -0.2) is 0 Å². The lowest BCUT2D eigenvalue weighted by atomic mass is 10.1. The molecule has 0 fully saturated rings. The molecule has 0 atom stereocenters. The van der Waals surface area contributed by atoms with Crippen LogP contribution in [0.15, 0.2) is 70.9 Å². The number of nitro groups is 1. The Hall–Kier alpha value is -3.28. The first-order valence-electron chi connectivity index (χ1n) is 6.59. The molecule has 3 aromatic carbocycles. The summed E-state index contributed by atoms with van der Waals surface area (Å²) in [5.41, 5.74) is 7.34. The molecule has 6 heteroatoms. The van der Waals surface area contributed by atoms with Gasteiger partial charge < -0.3 is 5.73 Å². The molecule has 0 bridgehead atoms. The lowest BCUT2D eigenvalue weighted by molar-refractivity contribution is -0.384. The highest BCUT2D eigenvalue weighted by molar-refractivity contribution is 5.99. The Balaban J connectivity index is 2.08. The van der Waals surface area contributed by atoms with Gasteiger partial charge in [0.05, 0.1) is 10.6 Å². The van der Waals surface area contributed by atoms with E-state index in [1.165, 1.54) is 6.07 Å². The predicted octanol–water partition coefficient (Wildman–Crippen LogP) is 4.75. The summed E-state index contributed by atoms with van der Waals surface area (Å²) in [6, 6.07) is 17.3. The van der Waals surface area contributed by atoms with Crippen LogP contribution in [0.3, 0.4) is 0 Å². The van der Waals surface area contributed by atoms with Crippen LogP contribution in [0.5, 0.6) is 0 Å². The summed E-state index contributed by atoms with van der Waals surface area (Å²) in [6.45, 7) is 0. The molecule has 0 saturated carbocycles. The van der Waals surface area contributed by atoms with Crippen molar-refractivity contribution >= 4 is 33.5 Å². The lowest BCUT2D eigenvalue weighted by Crippen LogP contribution is -1.87. The van der Waals surface area contributed by atoms with Crippen LogP contribution in [-0.4, -0.2) is 4.92 Å². The summed E-state index contributed by atoms with van der Waals surface area (Å²) < 4.78 is 0. The first kappa shape index (κ1) is 13.7.